The number of carbonyl (C=O) groups is 1. The third kappa shape index (κ3) is 4.74. The van der Waals surface area contributed by atoms with Gasteiger partial charge >= 0.3 is 0 Å². The van der Waals surface area contributed by atoms with E-state index >= 15 is 0 Å². The minimum absolute atomic E-state index is 0.0639. The summed E-state index contributed by atoms with van der Waals surface area (Å²) in [5, 5.41) is 3.18. The van der Waals surface area contributed by atoms with Crippen molar-refractivity contribution in [1.82, 2.24) is 4.90 Å². The molecule has 1 saturated heterocycles. The van der Waals surface area contributed by atoms with Crippen LogP contribution in [0.15, 0.2) is 42.5 Å². The monoisotopic (exact) mass is 380 g/mol. The number of likely N-dealkylation sites (tertiary alicyclic amines) is 1. The molecule has 1 aliphatic rings. The molecule has 0 radical (unpaired) electrons. The number of aryl methyl sites for hydroxylation is 1. The van der Waals surface area contributed by atoms with Gasteiger partial charge in [0.1, 0.15) is 5.75 Å². The van der Waals surface area contributed by atoms with E-state index in [0.717, 1.165) is 36.4 Å². The number of hydrogen-bond donors (Lipinski definition) is 1. The Morgan fingerprint density at radius 2 is 1.96 bits per heavy atom. The first-order valence-electron chi connectivity index (χ1n) is 10.4. The van der Waals surface area contributed by atoms with Crippen molar-refractivity contribution in [2.24, 2.45) is 0 Å². The normalized spacial score (nSPS) is 17.1. The Labute approximate surface area is 168 Å². The molecule has 1 aliphatic heterocycles. The summed E-state index contributed by atoms with van der Waals surface area (Å²) in [6.45, 7) is 10.4. The highest BCUT2D eigenvalue weighted by Crippen LogP contribution is 2.33. The number of nitrogens with zero attached hydrogens (tertiary/aromatic N) is 1. The summed E-state index contributed by atoms with van der Waals surface area (Å²) >= 11 is 0. The lowest BCUT2D eigenvalue weighted by molar-refractivity contribution is -0.117. The lowest BCUT2D eigenvalue weighted by atomic mass is 9.98. The van der Waals surface area contributed by atoms with Crippen molar-refractivity contribution in [2.75, 3.05) is 25.0 Å². The third-order valence-corrected chi connectivity index (χ3v) is 5.48. The smallest absolute Gasteiger partial charge is 0.238 e. The summed E-state index contributed by atoms with van der Waals surface area (Å²) in [5.74, 6) is 1.34. The van der Waals surface area contributed by atoms with Crippen LogP contribution in [0.3, 0.4) is 0 Å². The van der Waals surface area contributed by atoms with Crippen molar-refractivity contribution < 1.29 is 9.53 Å². The SMILES string of the molecule is CCOc1ccc(C2CCCN2CC(=O)Nc2c(C)cccc2C(C)C)cc1. The average molecular weight is 381 g/mol. The van der Waals surface area contributed by atoms with Gasteiger partial charge in [0.25, 0.3) is 0 Å². The fourth-order valence-corrected chi connectivity index (χ4v) is 4.05. The number of hydrogen-bond acceptors (Lipinski definition) is 3. The summed E-state index contributed by atoms with van der Waals surface area (Å²) in [7, 11) is 0. The van der Waals surface area contributed by atoms with Crippen molar-refractivity contribution in [2.45, 2.75) is 52.5 Å². The third-order valence-electron chi connectivity index (χ3n) is 5.48. The number of carbonyl (C=O) groups excluding carboxylic acids is 1. The van der Waals surface area contributed by atoms with Gasteiger partial charge in [-0.1, -0.05) is 44.2 Å². The number of anilines is 1. The summed E-state index contributed by atoms with van der Waals surface area (Å²) in [6.07, 6.45) is 2.20. The Balaban J connectivity index is 1.68. The zero-order chi connectivity index (χ0) is 20.1. The van der Waals surface area contributed by atoms with E-state index in [2.05, 4.69) is 61.3 Å². The van der Waals surface area contributed by atoms with E-state index in [9.17, 15) is 4.79 Å². The molecule has 1 fully saturated rings. The highest BCUT2D eigenvalue weighted by Gasteiger charge is 2.28. The molecular formula is C24H32N2O2. The predicted octanol–water partition coefficient (Wildman–Crippen LogP) is 5.29. The van der Waals surface area contributed by atoms with Crippen LogP contribution in [-0.4, -0.2) is 30.5 Å². The zero-order valence-electron chi connectivity index (χ0n) is 17.5. The van der Waals surface area contributed by atoms with Crippen molar-refractivity contribution in [1.29, 1.82) is 0 Å². The van der Waals surface area contributed by atoms with E-state index in [0.29, 0.717) is 25.1 Å². The molecule has 1 unspecified atom stereocenters. The Kier molecular flexibility index (Phi) is 6.74. The van der Waals surface area contributed by atoms with Gasteiger partial charge in [-0.3, -0.25) is 9.69 Å². The minimum Gasteiger partial charge on any atom is -0.494 e. The van der Waals surface area contributed by atoms with E-state index in [1.165, 1.54) is 11.1 Å². The van der Waals surface area contributed by atoms with E-state index < -0.39 is 0 Å². The van der Waals surface area contributed by atoms with Gasteiger partial charge in [0, 0.05) is 11.7 Å². The van der Waals surface area contributed by atoms with Crippen LogP contribution in [0.4, 0.5) is 5.69 Å². The van der Waals surface area contributed by atoms with Crippen LogP contribution in [0.1, 0.15) is 62.3 Å². The largest absolute Gasteiger partial charge is 0.494 e. The van der Waals surface area contributed by atoms with E-state index in [4.69, 9.17) is 4.74 Å². The first-order chi connectivity index (χ1) is 13.5. The Bertz CT molecular complexity index is 799. The topological polar surface area (TPSA) is 41.6 Å². The van der Waals surface area contributed by atoms with Crippen LogP contribution in [0.25, 0.3) is 0 Å². The van der Waals surface area contributed by atoms with Crippen LogP contribution in [0.5, 0.6) is 5.75 Å². The van der Waals surface area contributed by atoms with E-state index in [1.54, 1.807) is 0 Å². The fourth-order valence-electron chi connectivity index (χ4n) is 4.05. The number of nitrogens with one attached hydrogen (secondary N) is 1. The molecule has 2 aromatic rings. The molecule has 4 nitrogen and oxygen atoms in total. The number of rotatable bonds is 7. The van der Waals surface area contributed by atoms with E-state index in [1.807, 2.05) is 19.1 Å². The summed E-state index contributed by atoms with van der Waals surface area (Å²) in [6, 6.07) is 14.8. The molecule has 1 atom stereocenters. The van der Waals surface area contributed by atoms with Crippen molar-refractivity contribution in [3.63, 3.8) is 0 Å². The van der Waals surface area contributed by atoms with Crippen LogP contribution >= 0.6 is 0 Å². The second-order valence-electron chi connectivity index (χ2n) is 7.87. The summed E-state index contributed by atoms with van der Waals surface area (Å²) in [4.78, 5) is 15.1. The highest BCUT2D eigenvalue weighted by molar-refractivity contribution is 5.94. The maximum atomic E-state index is 12.8. The van der Waals surface area contributed by atoms with Crippen LogP contribution in [-0.2, 0) is 4.79 Å². The van der Waals surface area contributed by atoms with Crippen molar-refractivity contribution in [3.8, 4) is 5.75 Å². The molecule has 1 amide bonds. The standard InChI is InChI=1S/C24H32N2O2/c1-5-28-20-13-11-19(12-14-20)22-10-7-15-26(22)16-23(27)25-24-18(4)8-6-9-21(24)17(2)3/h6,8-9,11-14,17,22H,5,7,10,15-16H2,1-4H3,(H,25,27). The molecule has 0 saturated carbocycles. The fraction of sp³-hybridized carbons (Fsp3) is 0.458. The first kappa shape index (κ1) is 20.4. The molecule has 4 heteroatoms. The Morgan fingerprint density at radius 1 is 1.21 bits per heavy atom. The lowest BCUT2D eigenvalue weighted by Gasteiger charge is -2.25. The second-order valence-corrected chi connectivity index (χ2v) is 7.87. The molecular weight excluding hydrogens is 348 g/mol. The zero-order valence-corrected chi connectivity index (χ0v) is 17.5. The van der Waals surface area contributed by atoms with Gasteiger partial charge in [0.2, 0.25) is 5.91 Å². The Hall–Kier alpha value is -2.33. The van der Waals surface area contributed by atoms with Crippen LogP contribution < -0.4 is 10.1 Å². The minimum atomic E-state index is 0.0639. The average Bonchev–Trinajstić information content (AvgIpc) is 3.12. The maximum Gasteiger partial charge on any atom is 0.238 e. The maximum absolute atomic E-state index is 12.8. The summed E-state index contributed by atoms with van der Waals surface area (Å²) < 4.78 is 5.55. The molecule has 0 aliphatic carbocycles. The quantitative estimate of drug-likeness (QED) is 0.709. The second kappa shape index (κ2) is 9.24. The molecule has 0 bridgehead atoms. The number of ether oxygens (including phenoxy) is 1. The van der Waals surface area contributed by atoms with Gasteiger partial charge in [-0.2, -0.15) is 0 Å². The van der Waals surface area contributed by atoms with Crippen molar-refractivity contribution in [3.05, 3.63) is 59.2 Å². The number of amides is 1. The highest BCUT2D eigenvalue weighted by atomic mass is 16.5. The lowest BCUT2D eigenvalue weighted by Crippen LogP contribution is -2.33. The predicted molar refractivity (Wildman–Crippen MR) is 115 cm³/mol. The van der Waals surface area contributed by atoms with Gasteiger partial charge in [-0.05, 0) is 68.0 Å². The molecule has 0 aromatic heterocycles. The van der Waals surface area contributed by atoms with Gasteiger partial charge in [-0.15, -0.1) is 0 Å². The molecule has 3 rings (SSSR count). The number of benzene rings is 2. The molecule has 2 aromatic carbocycles. The number of para-hydroxylation sites is 1. The van der Waals surface area contributed by atoms with E-state index in [-0.39, 0.29) is 5.91 Å². The molecule has 1 heterocycles. The first-order valence-corrected chi connectivity index (χ1v) is 10.4. The van der Waals surface area contributed by atoms with Gasteiger partial charge in [-0.25, -0.2) is 0 Å². The molecule has 150 valence electrons. The van der Waals surface area contributed by atoms with Gasteiger partial charge < -0.3 is 10.1 Å². The Morgan fingerprint density at radius 3 is 2.64 bits per heavy atom. The molecule has 1 N–H and O–H groups in total. The van der Waals surface area contributed by atoms with Crippen LogP contribution in [0, 0.1) is 6.92 Å². The summed E-state index contributed by atoms with van der Waals surface area (Å²) in [5.41, 5.74) is 4.54. The molecule has 28 heavy (non-hydrogen) atoms. The van der Waals surface area contributed by atoms with Gasteiger partial charge in [0.15, 0.2) is 0 Å². The molecule has 0 spiro atoms. The van der Waals surface area contributed by atoms with Crippen LogP contribution in [0.2, 0.25) is 0 Å². The van der Waals surface area contributed by atoms with Gasteiger partial charge in [0.05, 0.1) is 13.2 Å². The van der Waals surface area contributed by atoms with Crippen molar-refractivity contribution >= 4 is 11.6 Å².